The highest BCUT2D eigenvalue weighted by Crippen LogP contribution is 2.43. The maximum absolute atomic E-state index is 13.0. The lowest BCUT2D eigenvalue weighted by atomic mass is 9.85. The standard InChI is InChI=1S/C19H21N3O2/c1-20-17-15(7-4-10-21-17)18(23)22-11-5-9-19(13-22)16-8-3-2-6-14(16)12-24-19/h2-4,6-8,10H,5,9,11-13H2,1H3,(H,20,21). The molecule has 0 radical (unpaired) electrons. The van der Waals surface area contributed by atoms with E-state index in [9.17, 15) is 4.79 Å². The van der Waals surface area contributed by atoms with E-state index in [0.717, 1.165) is 19.4 Å². The molecule has 24 heavy (non-hydrogen) atoms. The van der Waals surface area contributed by atoms with Gasteiger partial charge in [-0.2, -0.15) is 0 Å². The summed E-state index contributed by atoms with van der Waals surface area (Å²) in [6.07, 6.45) is 3.59. The maximum atomic E-state index is 13.0. The number of rotatable bonds is 2. The van der Waals surface area contributed by atoms with Crippen LogP contribution in [0, 0.1) is 0 Å². The third-order valence-electron chi connectivity index (χ3n) is 5.03. The fourth-order valence-corrected chi connectivity index (χ4v) is 3.86. The van der Waals surface area contributed by atoms with Gasteiger partial charge in [-0.15, -0.1) is 0 Å². The molecular formula is C19H21N3O2. The van der Waals surface area contributed by atoms with Crippen molar-refractivity contribution in [2.75, 3.05) is 25.5 Å². The highest BCUT2D eigenvalue weighted by Gasteiger charge is 2.44. The molecule has 4 rings (SSSR count). The molecule has 0 saturated carbocycles. The number of aromatic nitrogens is 1. The van der Waals surface area contributed by atoms with Crippen LogP contribution in [0.2, 0.25) is 0 Å². The number of ether oxygens (including phenoxy) is 1. The second-order valence-corrected chi connectivity index (χ2v) is 6.42. The zero-order chi connectivity index (χ0) is 16.6. The van der Waals surface area contributed by atoms with Gasteiger partial charge >= 0.3 is 0 Å². The molecule has 3 heterocycles. The zero-order valence-electron chi connectivity index (χ0n) is 13.8. The molecule has 1 atom stereocenters. The van der Waals surface area contributed by atoms with Crippen LogP contribution in [-0.2, 0) is 16.9 Å². The normalized spacial score (nSPS) is 22.5. The Hall–Kier alpha value is -2.40. The lowest BCUT2D eigenvalue weighted by Gasteiger charge is -2.40. The molecule has 5 nitrogen and oxygen atoms in total. The van der Waals surface area contributed by atoms with Crippen LogP contribution in [0.3, 0.4) is 0 Å². The summed E-state index contributed by atoms with van der Waals surface area (Å²) in [6.45, 7) is 1.98. The number of hydrogen-bond donors (Lipinski definition) is 1. The van der Waals surface area contributed by atoms with E-state index in [0.29, 0.717) is 24.5 Å². The monoisotopic (exact) mass is 323 g/mol. The molecule has 1 saturated heterocycles. The van der Waals surface area contributed by atoms with Crippen LogP contribution in [0.1, 0.15) is 34.3 Å². The van der Waals surface area contributed by atoms with E-state index in [-0.39, 0.29) is 11.5 Å². The van der Waals surface area contributed by atoms with Crippen molar-refractivity contribution in [2.24, 2.45) is 0 Å². The number of carbonyl (C=O) groups excluding carboxylic acids is 1. The minimum Gasteiger partial charge on any atom is -0.372 e. The number of likely N-dealkylation sites (tertiary alicyclic amines) is 1. The number of nitrogens with one attached hydrogen (secondary N) is 1. The molecule has 1 spiro atoms. The van der Waals surface area contributed by atoms with Gasteiger partial charge in [0.05, 0.1) is 18.7 Å². The van der Waals surface area contributed by atoms with Crippen LogP contribution < -0.4 is 5.32 Å². The summed E-state index contributed by atoms with van der Waals surface area (Å²) in [5.41, 5.74) is 2.74. The SMILES string of the molecule is CNc1ncccc1C(=O)N1CCCC2(C1)OCc1ccccc12. The van der Waals surface area contributed by atoms with Crippen LogP contribution in [-0.4, -0.2) is 35.9 Å². The van der Waals surface area contributed by atoms with Gasteiger partial charge in [-0.1, -0.05) is 24.3 Å². The summed E-state index contributed by atoms with van der Waals surface area (Å²) in [4.78, 5) is 19.2. The predicted octanol–water partition coefficient (Wildman–Crippen LogP) is 2.79. The Morgan fingerprint density at radius 2 is 2.17 bits per heavy atom. The topological polar surface area (TPSA) is 54.5 Å². The molecule has 1 aromatic carbocycles. The quantitative estimate of drug-likeness (QED) is 0.923. The van der Waals surface area contributed by atoms with Gasteiger partial charge in [0.25, 0.3) is 5.91 Å². The van der Waals surface area contributed by atoms with E-state index in [2.05, 4.69) is 28.5 Å². The smallest absolute Gasteiger partial charge is 0.257 e. The minimum absolute atomic E-state index is 0.0134. The van der Waals surface area contributed by atoms with Crippen molar-refractivity contribution in [2.45, 2.75) is 25.0 Å². The molecule has 1 N–H and O–H groups in total. The van der Waals surface area contributed by atoms with Crippen LogP contribution in [0.5, 0.6) is 0 Å². The third kappa shape index (κ3) is 2.36. The van der Waals surface area contributed by atoms with Crippen molar-refractivity contribution < 1.29 is 9.53 Å². The van der Waals surface area contributed by atoms with Gasteiger partial charge in [0, 0.05) is 19.8 Å². The third-order valence-corrected chi connectivity index (χ3v) is 5.03. The first-order valence-electron chi connectivity index (χ1n) is 8.38. The fraction of sp³-hybridized carbons (Fsp3) is 0.368. The van der Waals surface area contributed by atoms with E-state index in [1.54, 1.807) is 19.3 Å². The van der Waals surface area contributed by atoms with Crippen molar-refractivity contribution in [1.29, 1.82) is 0 Å². The summed E-state index contributed by atoms with van der Waals surface area (Å²) < 4.78 is 6.20. The first-order valence-corrected chi connectivity index (χ1v) is 8.38. The summed E-state index contributed by atoms with van der Waals surface area (Å²) in [5.74, 6) is 0.634. The molecule has 0 aliphatic carbocycles. The van der Waals surface area contributed by atoms with Crippen LogP contribution in [0.15, 0.2) is 42.6 Å². The number of fused-ring (bicyclic) bond motifs is 2. The highest BCUT2D eigenvalue weighted by atomic mass is 16.5. The van der Waals surface area contributed by atoms with Gasteiger partial charge in [-0.3, -0.25) is 4.79 Å². The Labute approximate surface area is 141 Å². The molecule has 1 aromatic heterocycles. The van der Waals surface area contributed by atoms with E-state index < -0.39 is 0 Å². The Morgan fingerprint density at radius 3 is 3.04 bits per heavy atom. The summed E-state index contributed by atoms with van der Waals surface area (Å²) >= 11 is 0. The number of piperidine rings is 1. The van der Waals surface area contributed by atoms with Crippen molar-refractivity contribution in [3.63, 3.8) is 0 Å². The summed E-state index contributed by atoms with van der Waals surface area (Å²) in [5, 5.41) is 3.00. The fourth-order valence-electron chi connectivity index (χ4n) is 3.86. The van der Waals surface area contributed by atoms with Crippen molar-refractivity contribution in [1.82, 2.24) is 9.88 Å². The Balaban J connectivity index is 1.63. The maximum Gasteiger partial charge on any atom is 0.257 e. The van der Waals surface area contributed by atoms with Gasteiger partial charge in [0.2, 0.25) is 0 Å². The first-order chi connectivity index (χ1) is 11.7. The average molecular weight is 323 g/mol. The minimum atomic E-state index is -0.355. The van der Waals surface area contributed by atoms with E-state index in [4.69, 9.17) is 4.74 Å². The van der Waals surface area contributed by atoms with E-state index in [1.807, 2.05) is 17.0 Å². The lowest BCUT2D eigenvalue weighted by Crippen LogP contribution is -2.48. The van der Waals surface area contributed by atoms with Gasteiger partial charge in [0.15, 0.2) is 0 Å². The van der Waals surface area contributed by atoms with E-state index in [1.165, 1.54) is 11.1 Å². The van der Waals surface area contributed by atoms with Crippen LogP contribution in [0.25, 0.3) is 0 Å². The second-order valence-electron chi connectivity index (χ2n) is 6.42. The molecule has 1 unspecified atom stereocenters. The predicted molar refractivity (Wildman–Crippen MR) is 91.8 cm³/mol. The Kier molecular flexibility index (Phi) is 3.73. The number of hydrogen-bond acceptors (Lipinski definition) is 4. The summed E-state index contributed by atoms with van der Waals surface area (Å²) in [7, 11) is 1.78. The molecule has 1 amide bonds. The van der Waals surface area contributed by atoms with Crippen LogP contribution in [0.4, 0.5) is 5.82 Å². The summed E-state index contributed by atoms with van der Waals surface area (Å²) in [6, 6.07) is 12.0. The largest absolute Gasteiger partial charge is 0.372 e. The number of nitrogens with zero attached hydrogens (tertiary/aromatic N) is 2. The number of pyridine rings is 1. The number of anilines is 1. The van der Waals surface area contributed by atoms with Crippen LogP contribution >= 0.6 is 0 Å². The van der Waals surface area contributed by atoms with Gasteiger partial charge < -0.3 is 15.0 Å². The van der Waals surface area contributed by atoms with Crippen molar-refractivity contribution in [3.8, 4) is 0 Å². The molecule has 124 valence electrons. The first kappa shape index (κ1) is 15.1. The number of amides is 1. The molecule has 1 fully saturated rings. The second kappa shape index (κ2) is 5.91. The Morgan fingerprint density at radius 1 is 1.29 bits per heavy atom. The molecule has 2 aliphatic heterocycles. The zero-order valence-corrected chi connectivity index (χ0v) is 13.8. The van der Waals surface area contributed by atoms with Gasteiger partial charge in [0.1, 0.15) is 11.4 Å². The average Bonchev–Trinajstić information content (AvgIpc) is 2.99. The number of carbonyl (C=O) groups is 1. The molecule has 0 bridgehead atoms. The van der Waals surface area contributed by atoms with Gasteiger partial charge in [-0.25, -0.2) is 4.98 Å². The number of benzene rings is 1. The van der Waals surface area contributed by atoms with Gasteiger partial charge in [-0.05, 0) is 36.1 Å². The highest BCUT2D eigenvalue weighted by molar-refractivity contribution is 5.98. The Bertz CT molecular complexity index is 773. The molecular weight excluding hydrogens is 302 g/mol. The molecule has 2 aliphatic rings. The molecule has 2 aromatic rings. The van der Waals surface area contributed by atoms with Crippen molar-refractivity contribution >= 4 is 11.7 Å². The molecule has 5 heteroatoms. The van der Waals surface area contributed by atoms with Crippen molar-refractivity contribution in [3.05, 3.63) is 59.3 Å². The lowest BCUT2D eigenvalue weighted by molar-refractivity contribution is -0.0785. The van der Waals surface area contributed by atoms with E-state index >= 15 is 0 Å².